The van der Waals surface area contributed by atoms with Gasteiger partial charge in [0.15, 0.2) is 11.5 Å². The van der Waals surface area contributed by atoms with Gasteiger partial charge in [0, 0.05) is 23.3 Å². The van der Waals surface area contributed by atoms with E-state index in [1.165, 1.54) is 11.1 Å². The number of Topliss-reactive ketones (excluding diaryl/α,β-unsaturated/α-hetero) is 1. The molecule has 5 rings (SSSR count). The van der Waals surface area contributed by atoms with E-state index in [0.29, 0.717) is 17.3 Å². The minimum atomic E-state index is -0.145. The second-order valence-corrected chi connectivity index (χ2v) is 9.99. The lowest BCUT2D eigenvalue weighted by atomic mass is 9.99. The fourth-order valence-corrected chi connectivity index (χ4v) is 5.35. The zero-order valence-electron chi connectivity index (χ0n) is 19.7. The van der Waals surface area contributed by atoms with Crippen molar-refractivity contribution in [2.45, 2.75) is 25.8 Å². The maximum Gasteiger partial charge on any atom is 0.163 e. The Morgan fingerprint density at radius 1 is 1.06 bits per heavy atom. The molecule has 1 aliphatic rings. The van der Waals surface area contributed by atoms with Crippen LogP contribution >= 0.6 is 23.2 Å². The number of halogens is 2. The van der Waals surface area contributed by atoms with E-state index in [1.807, 2.05) is 18.2 Å². The molecule has 5 nitrogen and oxygen atoms in total. The van der Waals surface area contributed by atoms with Gasteiger partial charge in [0.25, 0.3) is 0 Å². The van der Waals surface area contributed by atoms with Gasteiger partial charge in [-0.1, -0.05) is 35.3 Å². The number of hydrogen-bond donors (Lipinski definition) is 2. The Labute approximate surface area is 214 Å². The van der Waals surface area contributed by atoms with Crippen molar-refractivity contribution in [2.24, 2.45) is 0 Å². The fraction of sp³-hybridized carbons (Fsp3) is 0.214. The summed E-state index contributed by atoms with van der Waals surface area (Å²) in [6.45, 7) is 1.54. The maximum absolute atomic E-state index is 12.5. The highest BCUT2D eigenvalue weighted by molar-refractivity contribution is 6.37. The van der Waals surface area contributed by atoms with E-state index >= 15 is 0 Å². The zero-order valence-corrected chi connectivity index (χ0v) is 21.2. The number of benzene rings is 3. The predicted octanol–water partition coefficient (Wildman–Crippen LogP) is 7.41. The molecule has 1 unspecified atom stereocenters. The van der Waals surface area contributed by atoms with E-state index in [4.69, 9.17) is 23.2 Å². The first-order chi connectivity index (χ1) is 16.7. The van der Waals surface area contributed by atoms with Crippen LogP contribution in [0.15, 0.2) is 54.7 Å². The molecule has 0 amide bonds. The lowest BCUT2D eigenvalue weighted by Gasteiger charge is -2.20. The van der Waals surface area contributed by atoms with Crippen molar-refractivity contribution >= 4 is 51.3 Å². The summed E-state index contributed by atoms with van der Waals surface area (Å²) in [4.78, 5) is 19.3. The van der Waals surface area contributed by atoms with Gasteiger partial charge in [-0.05, 0) is 92.5 Å². The third kappa shape index (κ3) is 4.36. The first-order valence-corrected chi connectivity index (χ1v) is 12.2. The average molecular weight is 506 g/mol. The molecular weight excluding hydrogens is 481 g/mol. The Balaban J connectivity index is 1.62. The number of ketones is 1. The van der Waals surface area contributed by atoms with Crippen LogP contribution in [0, 0.1) is 0 Å². The van der Waals surface area contributed by atoms with Crippen molar-refractivity contribution < 1.29 is 9.90 Å². The average Bonchev–Trinajstić information content (AvgIpc) is 3.25. The highest BCUT2D eigenvalue weighted by Gasteiger charge is 2.24. The van der Waals surface area contributed by atoms with Gasteiger partial charge in [-0.15, -0.1) is 0 Å². The number of hydrogen-bond acceptors (Lipinski definition) is 5. The highest BCUT2D eigenvalue weighted by atomic mass is 35.5. The Morgan fingerprint density at radius 3 is 2.49 bits per heavy atom. The van der Waals surface area contributed by atoms with Gasteiger partial charge >= 0.3 is 0 Å². The van der Waals surface area contributed by atoms with Gasteiger partial charge in [-0.3, -0.25) is 9.78 Å². The molecule has 0 saturated carbocycles. The van der Waals surface area contributed by atoms with Crippen LogP contribution in [-0.4, -0.2) is 34.9 Å². The number of pyridine rings is 1. The van der Waals surface area contributed by atoms with Crippen molar-refractivity contribution in [1.82, 2.24) is 9.88 Å². The van der Waals surface area contributed by atoms with Crippen LogP contribution in [-0.2, 0) is 6.42 Å². The molecule has 178 valence electrons. The number of phenolic OH excluding ortho intramolecular Hbond substituents is 1. The first-order valence-electron chi connectivity index (χ1n) is 11.4. The first kappa shape index (κ1) is 23.6. The van der Waals surface area contributed by atoms with Crippen LogP contribution in [0.2, 0.25) is 10.0 Å². The number of aromatic nitrogens is 1. The molecule has 7 heteroatoms. The molecule has 0 radical (unpaired) electrons. The van der Waals surface area contributed by atoms with Gasteiger partial charge < -0.3 is 15.3 Å². The quantitative estimate of drug-likeness (QED) is 0.276. The van der Waals surface area contributed by atoms with Crippen LogP contribution in [0.1, 0.15) is 40.9 Å². The number of fused-ring (bicyclic) bond motifs is 2. The molecule has 35 heavy (non-hydrogen) atoms. The zero-order chi connectivity index (χ0) is 24.9. The molecule has 2 N–H and O–H groups in total. The smallest absolute Gasteiger partial charge is 0.163 e. The maximum atomic E-state index is 12.5. The Kier molecular flexibility index (Phi) is 6.18. The van der Waals surface area contributed by atoms with Crippen molar-refractivity contribution in [1.29, 1.82) is 0 Å². The number of aryl methyl sites for hydroxylation is 1. The molecule has 0 bridgehead atoms. The summed E-state index contributed by atoms with van der Waals surface area (Å²) in [6.07, 6.45) is 3.75. The summed E-state index contributed by atoms with van der Waals surface area (Å²) >= 11 is 12.3. The minimum absolute atomic E-state index is 0.0724. The van der Waals surface area contributed by atoms with Crippen molar-refractivity contribution in [3.8, 4) is 16.9 Å². The Bertz CT molecular complexity index is 1460. The number of nitrogens with zero attached hydrogens (tertiary/aromatic N) is 2. The van der Waals surface area contributed by atoms with E-state index in [1.54, 1.807) is 25.3 Å². The van der Waals surface area contributed by atoms with E-state index in [2.05, 4.69) is 47.5 Å². The SMILES string of the molecule is CC(=O)c1cnc2ccc(-c3cc(Cl)c(O)c(Cl)c3)cc2c1Nc1ccc2c(c1)CCC2N(C)C. The molecule has 1 aromatic heterocycles. The van der Waals surface area contributed by atoms with Crippen molar-refractivity contribution in [2.75, 3.05) is 19.4 Å². The van der Waals surface area contributed by atoms with E-state index < -0.39 is 0 Å². The predicted molar refractivity (Wildman–Crippen MR) is 143 cm³/mol. The standard InChI is InChI=1S/C28H25Cl2N3O2/c1-15(34)22-14-31-25-8-4-16(18-12-23(29)28(35)24(30)13-18)11-21(25)27(22)32-19-6-7-20-17(10-19)5-9-26(20)33(2)3/h4,6-8,10-14,26,35H,5,9H2,1-3H3,(H,31,32). The second-order valence-electron chi connectivity index (χ2n) is 9.18. The Hall–Kier alpha value is -3.12. The molecule has 3 aromatic carbocycles. The fourth-order valence-electron chi connectivity index (χ4n) is 4.86. The van der Waals surface area contributed by atoms with Crippen molar-refractivity contribution in [3.63, 3.8) is 0 Å². The summed E-state index contributed by atoms with van der Waals surface area (Å²) in [6, 6.07) is 16.0. The lowest BCUT2D eigenvalue weighted by Crippen LogP contribution is -2.17. The van der Waals surface area contributed by atoms with E-state index in [-0.39, 0.29) is 21.6 Å². The number of carbonyl (C=O) groups excluding carboxylic acids is 1. The van der Waals surface area contributed by atoms with Gasteiger partial charge in [0.2, 0.25) is 0 Å². The molecule has 0 saturated heterocycles. The number of aromatic hydroxyl groups is 1. The number of phenols is 1. The number of rotatable bonds is 5. The molecule has 0 aliphatic heterocycles. The summed E-state index contributed by atoms with van der Waals surface area (Å²) in [5.74, 6) is -0.217. The normalized spacial score (nSPS) is 15.0. The summed E-state index contributed by atoms with van der Waals surface area (Å²) in [7, 11) is 4.22. The largest absolute Gasteiger partial charge is 0.505 e. The summed E-state index contributed by atoms with van der Waals surface area (Å²) in [5.41, 5.74) is 7.19. The number of carbonyl (C=O) groups is 1. The van der Waals surface area contributed by atoms with Crippen molar-refractivity contribution in [3.05, 3.63) is 81.5 Å². The molecule has 0 fully saturated rings. The molecule has 0 spiro atoms. The highest BCUT2D eigenvalue weighted by Crippen LogP contribution is 2.40. The van der Waals surface area contributed by atoms with Crippen LogP contribution < -0.4 is 5.32 Å². The summed E-state index contributed by atoms with van der Waals surface area (Å²) < 4.78 is 0. The van der Waals surface area contributed by atoms with E-state index in [0.717, 1.165) is 40.6 Å². The number of nitrogens with one attached hydrogen (secondary N) is 1. The van der Waals surface area contributed by atoms with Crippen LogP contribution in [0.4, 0.5) is 11.4 Å². The molecule has 4 aromatic rings. The molecular formula is C28H25Cl2N3O2. The van der Waals surface area contributed by atoms with Crippen LogP contribution in [0.5, 0.6) is 5.75 Å². The second kappa shape index (κ2) is 9.15. The monoisotopic (exact) mass is 505 g/mol. The third-order valence-electron chi connectivity index (χ3n) is 6.68. The Morgan fingerprint density at radius 2 is 1.80 bits per heavy atom. The number of anilines is 2. The minimum Gasteiger partial charge on any atom is -0.505 e. The van der Waals surface area contributed by atoms with Gasteiger partial charge in [0.1, 0.15) is 0 Å². The van der Waals surface area contributed by atoms with Gasteiger partial charge in [-0.25, -0.2) is 0 Å². The van der Waals surface area contributed by atoms with Gasteiger partial charge in [-0.2, -0.15) is 0 Å². The van der Waals surface area contributed by atoms with Crippen LogP contribution in [0.25, 0.3) is 22.0 Å². The molecule has 1 atom stereocenters. The van der Waals surface area contributed by atoms with Gasteiger partial charge in [0.05, 0.1) is 26.8 Å². The van der Waals surface area contributed by atoms with E-state index in [9.17, 15) is 9.90 Å². The molecule has 1 heterocycles. The lowest BCUT2D eigenvalue weighted by molar-refractivity contribution is 0.101. The third-order valence-corrected chi connectivity index (χ3v) is 7.26. The summed E-state index contributed by atoms with van der Waals surface area (Å²) in [5, 5.41) is 14.6. The molecule has 1 aliphatic carbocycles. The topological polar surface area (TPSA) is 65.5 Å². The van der Waals surface area contributed by atoms with Crippen LogP contribution in [0.3, 0.4) is 0 Å².